The van der Waals surface area contributed by atoms with E-state index in [0.29, 0.717) is 19.0 Å². The topological polar surface area (TPSA) is 98.1 Å². The summed E-state index contributed by atoms with van der Waals surface area (Å²) < 4.78 is 7.38. The first kappa shape index (κ1) is 21.6. The number of hydrogen-bond donors (Lipinski definition) is 1. The number of piperidine rings is 1. The normalized spacial score (nSPS) is 15.6. The van der Waals surface area contributed by atoms with Gasteiger partial charge in [0.1, 0.15) is 25.0 Å². The Morgan fingerprint density at radius 1 is 1.00 bits per heavy atom. The summed E-state index contributed by atoms with van der Waals surface area (Å²) in [4.78, 5) is 19.0. The Bertz CT molecular complexity index is 1200. The lowest BCUT2D eigenvalue weighted by Crippen LogP contribution is -2.41. The molecule has 1 aliphatic rings. The minimum atomic E-state index is -0.125. The number of carbonyl (C=O) groups is 1. The molecule has 0 saturated carbocycles. The molecule has 0 radical (unpaired) electrons. The van der Waals surface area contributed by atoms with Crippen molar-refractivity contribution < 1.29 is 9.53 Å². The maximum Gasteiger partial charge on any atom is 0.229 e. The summed E-state index contributed by atoms with van der Waals surface area (Å²) in [5, 5.41) is 15.7. The third-order valence-electron chi connectivity index (χ3n) is 5.78. The smallest absolute Gasteiger partial charge is 0.229 e. The van der Waals surface area contributed by atoms with Gasteiger partial charge in [0.15, 0.2) is 11.6 Å². The fraction of sp³-hybridized carbons (Fsp3) is 0.240. The zero-order valence-corrected chi connectivity index (χ0v) is 18.6. The highest BCUT2D eigenvalue weighted by Gasteiger charge is 2.27. The fourth-order valence-electron chi connectivity index (χ4n) is 3.95. The molecule has 0 spiro atoms. The minimum Gasteiger partial charge on any atom is -0.489 e. The number of anilines is 2. The lowest BCUT2D eigenvalue weighted by Gasteiger charge is -2.32. The second-order valence-electron chi connectivity index (χ2n) is 8.16. The lowest BCUT2D eigenvalue weighted by molar-refractivity contribution is -0.120. The van der Waals surface area contributed by atoms with Crippen LogP contribution in [0.5, 0.6) is 5.75 Å². The third kappa shape index (κ3) is 5.20. The number of carbonyl (C=O) groups excluding carboxylic acids is 1. The van der Waals surface area contributed by atoms with Crippen molar-refractivity contribution in [2.24, 2.45) is 5.92 Å². The van der Waals surface area contributed by atoms with Gasteiger partial charge in [-0.25, -0.2) is 9.67 Å². The summed E-state index contributed by atoms with van der Waals surface area (Å²) in [5.74, 6) is 2.00. The molecule has 3 heterocycles. The molecular weight excluding hydrogens is 430 g/mol. The number of benzene rings is 2. The Hall–Kier alpha value is -4.27. The SMILES string of the molecule is O=C(Nc1ccc(OCc2ccccc2)cc1)C1CCCN(c2ccc(-n3cncn3)nn2)C1. The van der Waals surface area contributed by atoms with Crippen LogP contribution in [0.2, 0.25) is 0 Å². The molecule has 1 aliphatic heterocycles. The summed E-state index contributed by atoms with van der Waals surface area (Å²) in [7, 11) is 0. The van der Waals surface area contributed by atoms with Crippen LogP contribution < -0.4 is 15.0 Å². The van der Waals surface area contributed by atoms with E-state index < -0.39 is 0 Å². The second-order valence-corrected chi connectivity index (χ2v) is 8.16. The maximum absolute atomic E-state index is 12.9. The van der Waals surface area contributed by atoms with Gasteiger partial charge in [-0.05, 0) is 54.8 Å². The lowest BCUT2D eigenvalue weighted by atomic mass is 9.97. The number of amides is 1. The number of hydrogen-bond acceptors (Lipinski definition) is 7. The van der Waals surface area contributed by atoms with Crippen LogP contribution in [-0.4, -0.2) is 44.0 Å². The molecule has 0 bridgehead atoms. The van der Waals surface area contributed by atoms with Crippen LogP contribution >= 0.6 is 0 Å². The van der Waals surface area contributed by atoms with Gasteiger partial charge in [0.2, 0.25) is 5.91 Å². The maximum atomic E-state index is 12.9. The molecular formula is C25H25N7O2. The molecule has 1 unspecified atom stereocenters. The first-order valence-corrected chi connectivity index (χ1v) is 11.3. The molecule has 1 atom stereocenters. The van der Waals surface area contributed by atoms with E-state index in [2.05, 4.69) is 30.5 Å². The Labute approximate surface area is 197 Å². The molecule has 1 N–H and O–H groups in total. The van der Waals surface area contributed by atoms with Crippen molar-refractivity contribution in [2.45, 2.75) is 19.4 Å². The van der Waals surface area contributed by atoms with E-state index in [0.717, 1.165) is 42.2 Å². The predicted molar refractivity (Wildman–Crippen MR) is 128 cm³/mol. The van der Waals surface area contributed by atoms with Crippen molar-refractivity contribution >= 4 is 17.4 Å². The van der Waals surface area contributed by atoms with Crippen LogP contribution in [0.1, 0.15) is 18.4 Å². The second kappa shape index (κ2) is 10.1. The van der Waals surface area contributed by atoms with Gasteiger partial charge in [-0.1, -0.05) is 30.3 Å². The molecule has 0 aliphatic carbocycles. The number of rotatable bonds is 7. The van der Waals surface area contributed by atoms with E-state index >= 15 is 0 Å². The average molecular weight is 456 g/mol. The highest BCUT2D eigenvalue weighted by atomic mass is 16.5. The zero-order valence-electron chi connectivity index (χ0n) is 18.6. The molecule has 1 fully saturated rings. The van der Waals surface area contributed by atoms with Crippen molar-refractivity contribution in [3.63, 3.8) is 0 Å². The van der Waals surface area contributed by atoms with Crippen LogP contribution in [0.4, 0.5) is 11.5 Å². The van der Waals surface area contributed by atoms with Crippen LogP contribution in [0.3, 0.4) is 0 Å². The summed E-state index contributed by atoms with van der Waals surface area (Å²) in [6.07, 6.45) is 4.78. The molecule has 9 nitrogen and oxygen atoms in total. The number of nitrogens with one attached hydrogen (secondary N) is 1. The Morgan fingerprint density at radius 3 is 2.53 bits per heavy atom. The van der Waals surface area contributed by atoms with Gasteiger partial charge in [-0.3, -0.25) is 4.79 Å². The van der Waals surface area contributed by atoms with E-state index in [1.54, 1.807) is 11.0 Å². The molecule has 9 heteroatoms. The van der Waals surface area contributed by atoms with E-state index in [1.807, 2.05) is 66.7 Å². The predicted octanol–water partition coefficient (Wildman–Crippen LogP) is 3.49. The van der Waals surface area contributed by atoms with Gasteiger partial charge < -0.3 is 15.0 Å². The quantitative estimate of drug-likeness (QED) is 0.455. The van der Waals surface area contributed by atoms with E-state index in [-0.39, 0.29) is 11.8 Å². The first-order chi connectivity index (χ1) is 16.7. The standard InChI is InChI=1S/C25H25N7O2/c33-25(28-21-8-10-22(11-9-21)34-16-19-5-2-1-3-6-19)20-7-4-14-31(15-20)23-12-13-24(30-29-23)32-18-26-17-27-32/h1-3,5-6,8-13,17-18,20H,4,7,14-16H2,(H,28,33). The summed E-state index contributed by atoms with van der Waals surface area (Å²) >= 11 is 0. The average Bonchev–Trinajstić information content (AvgIpc) is 3.44. The van der Waals surface area contributed by atoms with Crippen LogP contribution in [0, 0.1) is 5.92 Å². The van der Waals surface area contributed by atoms with Gasteiger partial charge in [0.25, 0.3) is 0 Å². The summed E-state index contributed by atoms with van der Waals surface area (Å²) in [6.45, 7) is 1.95. The van der Waals surface area contributed by atoms with E-state index in [1.165, 1.54) is 6.33 Å². The molecule has 34 heavy (non-hydrogen) atoms. The van der Waals surface area contributed by atoms with Crippen LogP contribution in [0.15, 0.2) is 79.4 Å². The van der Waals surface area contributed by atoms with Crippen molar-refractivity contribution in [3.05, 3.63) is 84.9 Å². The monoisotopic (exact) mass is 455 g/mol. The molecule has 172 valence electrons. The Kier molecular flexibility index (Phi) is 6.42. The highest BCUT2D eigenvalue weighted by molar-refractivity contribution is 5.93. The van der Waals surface area contributed by atoms with Crippen molar-refractivity contribution in [2.75, 3.05) is 23.3 Å². The molecule has 1 saturated heterocycles. The summed E-state index contributed by atoms with van der Waals surface area (Å²) in [6, 6.07) is 21.2. The van der Waals surface area contributed by atoms with Crippen molar-refractivity contribution in [1.29, 1.82) is 0 Å². The molecule has 4 aromatic rings. The minimum absolute atomic E-state index is 0.00912. The van der Waals surface area contributed by atoms with Gasteiger partial charge >= 0.3 is 0 Å². The van der Waals surface area contributed by atoms with Gasteiger partial charge in [0, 0.05) is 18.8 Å². The van der Waals surface area contributed by atoms with Gasteiger partial charge in [-0.15, -0.1) is 10.2 Å². The van der Waals surface area contributed by atoms with Crippen LogP contribution in [-0.2, 0) is 11.4 Å². The Balaban J connectivity index is 1.15. The highest BCUT2D eigenvalue weighted by Crippen LogP contribution is 2.24. The summed E-state index contributed by atoms with van der Waals surface area (Å²) in [5.41, 5.74) is 1.87. The largest absolute Gasteiger partial charge is 0.489 e. The van der Waals surface area contributed by atoms with E-state index in [4.69, 9.17) is 4.74 Å². The third-order valence-corrected chi connectivity index (χ3v) is 5.78. The number of nitrogens with zero attached hydrogens (tertiary/aromatic N) is 6. The van der Waals surface area contributed by atoms with E-state index in [9.17, 15) is 4.79 Å². The molecule has 5 rings (SSSR count). The van der Waals surface area contributed by atoms with Crippen molar-refractivity contribution in [3.8, 4) is 11.6 Å². The van der Waals surface area contributed by atoms with Gasteiger partial charge in [0.05, 0.1) is 5.92 Å². The number of aromatic nitrogens is 5. The first-order valence-electron chi connectivity index (χ1n) is 11.3. The zero-order chi connectivity index (χ0) is 23.2. The van der Waals surface area contributed by atoms with Crippen molar-refractivity contribution in [1.82, 2.24) is 25.0 Å². The number of ether oxygens (including phenoxy) is 1. The van der Waals surface area contributed by atoms with Crippen LogP contribution in [0.25, 0.3) is 5.82 Å². The Morgan fingerprint density at radius 2 is 1.79 bits per heavy atom. The van der Waals surface area contributed by atoms with Gasteiger partial charge in [-0.2, -0.15) is 5.10 Å². The molecule has 2 aromatic carbocycles. The fourth-order valence-corrected chi connectivity index (χ4v) is 3.95. The molecule has 2 aromatic heterocycles. The molecule has 1 amide bonds.